The number of anilines is 3. The van der Waals surface area contributed by atoms with E-state index in [9.17, 15) is 14.3 Å². The van der Waals surface area contributed by atoms with Crippen molar-refractivity contribution < 1.29 is 14.3 Å². The SMILES string of the molecule is Cc1ccc(F)c(Nc2cc(NCC3CC3)n3ncc(/C=C4\CC(O)NC4=O)c3n2)c1. The van der Waals surface area contributed by atoms with E-state index in [0.29, 0.717) is 34.2 Å². The Labute approximate surface area is 178 Å². The van der Waals surface area contributed by atoms with E-state index in [1.54, 1.807) is 35.0 Å². The van der Waals surface area contributed by atoms with Crippen LogP contribution in [0.15, 0.2) is 36.0 Å². The Kier molecular flexibility index (Phi) is 4.82. The molecule has 0 bridgehead atoms. The molecule has 1 aliphatic heterocycles. The van der Waals surface area contributed by atoms with Crippen molar-refractivity contribution in [3.05, 3.63) is 53.0 Å². The Morgan fingerprint density at radius 3 is 2.94 bits per heavy atom. The zero-order valence-corrected chi connectivity index (χ0v) is 17.0. The molecule has 3 aromatic rings. The highest BCUT2D eigenvalue weighted by atomic mass is 19.1. The summed E-state index contributed by atoms with van der Waals surface area (Å²) in [6, 6.07) is 6.65. The van der Waals surface area contributed by atoms with Gasteiger partial charge in [-0.1, -0.05) is 6.07 Å². The number of fused-ring (bicyclic) bond motifs is 1. The molecule has 1 saturated carbocycles. The van der Waals surface area contributed by atoms with Crippen molar-refractivity contribution in [1.82, 2.24) is 19.9 Å². The summed E-state index contributed by atoms with van der Waals surface area (Å²) in [6.07, 6.45) is 5.06. The molecule has 160 valence electrons. The molecule has 1 amide bonds. The van der Waals surface area contributed by atoms with Crippen LogP contribution in [0.5, 0.6) is 0 Å². The topological polar surface area (TPSA) is 104 Å². The maximum absolute atomic E-state index is 14.3. The number of carbonyl (C=O) groups is 1. The standard InChI is InChI=1S/C22H23FN6O2/c1-12-2-5-16(23)17(6-12)26-18-9-19(24-10-13-3-4-13)29-21(27-18)15(11-25-29)7-14-8-20(30)28-22(14)31/h2,5-7,9,11,13,20,24,30H,3-4,8,10H2,1H3,(H,26,27)(H,28,31)/b14-7+. The van der Waals surface area contributed by atoms with Crippen molar-refractivity contribution in [2.75, 3.05) is 17.2 Å². The van der Waals surface area contributed by atoms with Gasteiger partial charge in [0.1, 0.15) is 23.7 Å². The number of benzene rings is 1. The van der Waals surface area contributed by atoms with E-state index in [1.807, 2.05) is 6.92 Å². The van der Waals surface area contributed by atoms with Crippen LogP contribution < -0.4 is 16.0 Å². The molecule has 9 heteroatoms. The first-order valence-electron chi connectivity index (χ1n) is 10.3. The predicted octanol–water partition coefficient (Wildman–Crippen LogP) is 2.96. The molecule has 1 atom stereocenters. The van der Waals surface area contributed by atoms with Crippen LogP contribution in [0, 0.1) is 18.7 Å². The average Bonchev–Trinajstić information content (AvgIpc) is 3.40. The number of aromatic nitrogens is 3. The summed E-state index contributed by atoms with van der Waals surface area (Å²) < 4.78 is 16.0. The normalized spacial score (nSPS) is 19.8. The van der Waals surface area contributed by atoms with Gasteiger partial charge in [0.05, 0.1) is 11.9 Å². The van der Waals surface area contributed by atoms with E-state index >= 15 is 0 Å². The van der Waals surface area contributed by atoms with Gasteiger partial charge in [-0.3, -0.25) is 4.79 Å². The van der Waals surface area contributed by atoms with Gasteiger partial charge in [0, 0.05) is 30.2 Å². The number of hydrogen-bond donors (Lipinski definition) is 4. The van der Waals surface area contributed by atoms with Crippen molar-refractivity contribution >= 4 is 35.0 Å². The molecule has 1 aromatic carbocycles. The number of amides is 1. The maximum Gasteiger partial charge on any atom is 0.249 e. The van der Waals surface area contributed by atoms with Gasteiger partial charge in [-0.15, -0.1) is 0 Å². The van der Waals surface area contributed by atoms with E-state index in [4.69, 9.17) is 0 Å². The highest BCUT2D eigenvalue weighted by molar-refractivity contribution is 6.00. The number of nitrogens with one attached hydrogen (secondary N) is 3. The number of aliphatic hydroxyl groups is 1. The molecule has 8 nitrogen and oxygen atoms in total. The molecule has 3 heterocycles. The van der Waals surface area contributed by atoms with Gasteiger partial charge in [0.25, 0.3) is 0 Å². The Balaban J connectivity index is 1.55. The van der Waals surface area contributed by atoms with Gasteiger partial charge in [-0.25, -0.2) is 9.37 Å². The quantitative estimate of drug-likeness (QED) is 0.456. The highest BCUT2D eigenvalue weighted by Crippen LogP contribution is 2.30. The lowest BCUT2D eigenvalue weighted by Crippen LogP contribution is -2.24. The summed E-state index contributed by atoms with van der Waals surface area (Å²) in [7, 11) is 0. The Morgan fingerprint density at radius 1 is 1.35 bits per heavy atom. The van der Waals surface area contributed by atoms with Crippen LogP contribution in [-0.4, -0.2) is 38.4 Å². The summed E-state index contributed by atoms with van der Waals surface area (Å²) >= 11 is 0. The molecule has 1 aliphatic carbocycles. The molecule has 4 N–H and O–H groups in total. The fourth-order valence-electron chi connectivity index (χ4n) is 3.62. The first-order chi connectivity index (χ1) is 15.0. The molecule has 0 radical (unpaired) electrons. The van der Waals surface area contributed by atoms with Crippen LogP contribution in [0.25, 0.3) is 11.7 Å². The van der Waals surface area contributed by atoms with E-state index < -0.39 is 6.23 Å². The Hall–Kier alpha value is -3.46. The fraction of sp³-hybridized carbons (Fsp3) is 0.318. The molecule has 2 aromatic heterocycles. The molecule has 1 saturated heterocycles. The number of halogens is 1. The number of aryl methyl sites for hydroxylation is 1. The van der Waals surface area contributed by atoms with Crippen molar-refractivity contribution in [3.8, 4) is 0 Å². The van der Waals surface area contributed by atoms with Crippen molar-refractivity contribution in [3.63, 3.8) is 0 Å². The average molecular weight is 422 g/mol. The third-order valence-corrected chi connectivity index (χ3v) is 5.48. The summed E-state index contributed by atoms with van der Waals surface area (Å²) in [4.78, 5) is 16.7. The maximum atomic E-state index is 14.3. The largest absolute Gasteiger partial charge is 0.373 e. The second kappa shape index (κ2) is 7.66. The van der Waals surface area contributed by atoms with Crippen LogP contribution in [0.1, 0.15) is 30.4 Å². The minimum Gasteiger partial charge on any atom is -0.373 e. The lowest BCUT2D eigenvalue weighted by Gasteiger charge is -2.12. The van der Waals surface area contributed by atoms with Crippen LogP contribution in [-0.2, 0) is 4.79 Å². The number of aliphatic hydroxyl groups excluding tert-OH is 1. The number of nitrogens with zero attached hydrogens (tertiary/aromatic N) is 3. The molecule has 0 spiro atoms. The first kappa shape index (κ1) is 19.5. The number of carbonyl (C=O) groups excluding carboxylic acids is 1. The van der Waals surface area contributed by atoms with Crippen LogP contribution in [0.2, 0.25) is 0 Å². The number of hydrogen-bond acceptors (Lipinski definition) is 6. The molecule has 2 fully saturated rings. The van der Waals surface area contributed by atoms with E-state index in [-0.39, 0.29) is 18.1 Å². The lowest BCUT2D eigenvalue weighted by molar-refractivity contribution is -0.117. The van der Waals surface area contributed by atoms with Gasteiger partial charge < -0.3 is 21.1 Å². The van der Waals surface area contributed by atoms with Gasteiger partial charge in [0.2, 0.25) is 5.91 Å². The zero-order valence-electron chi connectivity index (χ0n) is 17.0. The van der Waals surface area contributed by atoms with Crippen molar-refractivity contribution in [2.45, 2.75) is 32.4 Å². The van der Waals surface area contributed by atoms with Gasteiger partial charge in [-0.2, -0.15) is 9.61 Å². The minimum absolute atomic E-state index is 0.218. The highest BCUT2D eigenvalue weighted by Gasteiger charge is 2.25. The molecule has 5 rings (SSSR count). The second-order valence-corrected chi connectivity index (χ2v) is 8.16. The minimum atomic E-state index is -0.883. The summed E-state index contributed by atoms with van der Waals surface area (Å²) in [5, 5.41) is 23.1. The van der Waals surface area contributed by atoms with Crippen LogP contribution >= 0.6 is 0 Å². The molecule has 31 heavy (non-hydrogen) atoms. The second-order valence-electron chi connectivity index (χ2n) is 8.16. The molecule has 2 aliphatic rings. The Bertz CT molecular complexity index is 1200. The van der Waals surface area contributed by atoms with Crippen molar-refractivity contribution in [1.29, 1.82) is 0 Å². The van der Waals surface area contributed by atoms with Gasteiger partial charge in [0.15, 0.2) is 5.65 Å². The molecular formula is C22H23FN6O2. The fourth-order valence-corrected chi connectivity index (χ4v) is 3.62. The monoisotopic (exact) mass is 422 g/mol. The van der Waals surface area contributed by atoms with Gasteiger partial charge in [-0.05, 0) is 49.5 Å². The van der Waals surface area contributed by atoms with Crippen LogP contribution in [0.3, 0.4) is 0 Å². The number of rotatable bonds is 6. The third-order valence-electron chi connectivity index (χ3n) is 5.48. The van der Waals surface area contributed by atoms with Crippen LogP contribution in [0.4, 0.5) is 21.7 Å². The van der Waals surface area contributed by atoms with E-state index in [2.05, 4.69) is 26.0 Å². The molecule has 1 unspecified atom stereocenters. The summed E-state index contributed by atoms with van der Waals surface area (Å²) in [5.41, 5.74) is 2.89. The lowest BCUT2D eigenvalue weighted by atomic mass is 10.1. The zero-order chi connectivity index (χ0) is 21.5. The van der Waals surface area contributed by atoms with E-state index in [0.717, 1.165) is 17.9 Å². The molecular weight excluding hydrogens is 399 g/mol. The third kappa shape index (κ3) is 4.09. The first-order valence-corrected chi connectivity index (χ1v) is 10.3. The summed E-state index contributed by atoms with van der Waals surface area (Å²) in [6.45, 7) is 2.72. The predicted molar refractivity (Wildman–Crippen MR) is 115 cm³/mol. The van der Waals surface area contributed by atoms with Gasteiger partial charge >= 0.3 is 0 Å². The van der Waals surface area contributed by atoms with Crippen molar-refractivity contribution in [2.24, 2.45) is 5.92 Å². The van der Waals surface area contributed by atoms with E-state index in [1.165, 1.54) is 18.9 Å². The smallest absolute Gasteiger partial charge is 0.249 e. The summed E-state index contributed by atoms with van der Waals surface area (Å²) in [5.74, 6) is 1.16. The Morgan fingerprint density at radius 2 is 2.19 bits per heavy atom.